The summed E-state index contributed by atoms with van der Waals surface area (Å²) in [5.41, 5.74) is 0. The molecule has 0 aliphatic carbocycles. The molecule has 6 nitrogen and oxygen atoms in total. The maximum atomic E-state index is 11.9. The maximum absolute atomic E-state index is 11.9. The highest BCUT2D eigenvalue weighted by Crippen LogP contribution is 2.16. The molecule has 1 aliphatic heterocycles. The molecule has 1 aliphatic rings. The standard InChI is InChI=1S/C13H22F3N3O3/c1-22-7-6-19-4-2-10(3-5-19)8-17-11(20)12(21)18-9-13(14,15)16/h10H,2-9H2,1H3,(H,17,20)(H,18,21). The van der Waals surface area contributed by atoms with Crippen LogP contribution in [0.25, 0.3) is 0 Å². The quantitative estimate of drug-likeness (QED) is 0.682. The van der Waals surface area contributed by atoms with Crippen LogP contribution in [0.5, 0.6) is 0 Å². The van der Waals surface area contributed by atoms with Crippen LogP contribution in [-0.2, 0) is 14.3 Å². The Morgan fingerprint density at radius 1 is 1.18 bits per heavy atom. The third kappa shape index (κ3) is 7.60. The number of alkyl halides is 3. The molecule has 0 bridgehead atoms. The van der Waals surface area contributed by atoms with Crippen LogP contribution in [0.1, 0.15) is 12.8 Å². The zero-order valence-electron chi connectivity index (χ0n) is 12.5. The summed E-state index contributed by atoms with van der Waals surface area (Å²) in [6.07, 6.45) is -2.78. The van der Waals surface area contributed by atoms with Crippen LogP contribution in [0, 0.1) is 5.92 Å². The van der Waals surface area contributed by atoms with Gasteiger partial charge in [0.15, 0.2) is 0 Å². The lowest BCUT2D eigenvalue weighted by Crippen LogP contribution is -2.46. The van der Waals surface area contributed by atoms with Crippen LogP contribution in [-0.4, -0.2) is 69.3 Å². The van der Waals surface area contributed by atoms with Gasteiger partial charge in [-0.1, -0.05) is 0 Å². The van der Waals surface area contributed by atoms with Crippen molar-refractivity contribution in [2.75, 3.05) is 46.4 Å². The van der Waals surface area contributed by atoms with E-state index in [9.17, 15) is 22.8 Å². The summed E-state index contributed by atoms with van der Waals surface area (Å²) in [7, 11) is 1.64. The SMILES string of the molecule is COCCN1CCC(CNC(=O)C(=O)NCC(F)(F)F)CC1. The van der Waals surface area contributed by atoms with Gasteiger partial charge in [-0.05, 0) is 31.8 Å². The molecule has 128 valence electrons. The lowest BCUT2D eigenvalue weighted by Gasteiger charge is -2.31. The van der Waals surface area contributed by atoms with E-state index in [1.165, 1.54) is 0 Å². The van der Waals surface area contributed by atoms with Gasteiger partial charge in [0.1, 0.15) is 6.54 Å². The molecule has 1 saturated heterocycles. The first kappa shape index (κ1) is 18.7. The number of carbonyl (C=O) groups is 2. The first-order chi connectivity index (χ1) is 10.3. The van der Waals surface area contributed by atoms with Crippen LogP contribution in [0.4, 0.5) is 13.2 Å². The molecule has 1 rings (SSSR count). The van der Waals surface area contributed by atoms with E-state index in [2.05, 4.69) is 10.2 Å². The fourth-order valence-corrected chi connectivity index (χ4v) is 2.21. The summed E-state index contributed by atoms with van der Waals surface area (Å²) in [5.74, 6) is -2.04. The maximum Gasteiger partial charge on any atom is 0.405 e. The Morgan fingerprint density at radius 2 is 1.77 bits per heavy atom. The molecule has 22 heavy (non-hydrogen) atoms. The van der Waals surface area contributed by atoms with Gasteiger partial charge in [-0.2, -0.15) is 13.2 Å². The lowest BCUT2D eigenvalue weighted by atomic mass is 9.97. The third-order valence-corrected chi connectivity index (χ3v) is 3.53. The molecule has 2 amide bonds. The zero-order valence-corrected chi connectivity index (χ0v) is 12.5. The van der Waals surface area contributed by atoms with E-state index in [1.807, 2.05) is 0 Å². The molecule has 0 unspecified atom stereocenters. The van der Waals surface area contributed by atoms with Crippen LogP contribution >= 0.6 is 0 Å². The van der Waals surface area contributed by atoms with Gasteiger partial charge in [0.05, 0.1) is 6.61 Å². The van der Waals surface area contributed by atoms with Crippen molar-refractivity contribution in [1.82, 2.24) is 15.5 Å². The van der Waals surface area contributed by atoms with Gasteiger partial charge < -0.3 is 20.3 Å². The number of piperidine rings is 1. The molecule has 0 radical (unpaired) electrons. The Hall–Kier alpha value is -1.35. The minimum Gasteiger partial charge on any atom is -0.383 e. The zero-order chi connectivity index (χ0) is 16.6. The van der Waals surface area contributed by atoms with E-state index in [0.29, 0.717) is 13.2 Å². The smallest absolute Gasteiger partial charge is 0.383 e. The number of nitrogens with one attached hydrogen (secondary N) is 2. The fourth-order valence-electron chi connectivity index (χ4n) is 2.21. The van der Waals surface area contributed by atoms with Gasteiger partial charge in [0.25, 0.3) is 0 Å². The second kappa shape index (κ2) is 8.94. The van der Waals surface area contributed by atoms with Crippen LogP contribution in [0.2, 0.25) is 0 Å². The predicted octanol–water partition coefficient (Wildman–Crippen LogP) is 0.140. The molecule has 0 atom stereocenters. The number of halogens is 3. The molecule has 1 heterocycles. The van der Waals surface area contributed by atoms with E-state index in [1.54, 1.807) is 12.4 Å². The molecular formula is C13H22F3N3O3. The summed E-state index contributed by atoms with van der Waals surface area (Å²) in [6, 6.07) is 0. The van der Waals surface area contributed by atoms with Gasteiger partial charge in [0.2, 0.25) is 0 Å². The lowest BCUT2D eigenvalue weighted by molar-refractivity contribution is -0.146. The van der Waals surface area contributed by atoms with Gasteiger partial charge in [0, 0.05) is 20.2 Å². The third-order valence-electron chi connectivity index (χ3n) is 3.53. The first-order valence-electron chi connectivity index (χ1n) is 7.16. The number of methoxy groups -OCH3 is 1. The molecule has 0 aromatic heterocycles. The monoisotopic (exact) mass is 325 g/mol. The van der Waals surface area contributed by atoms with Crippen molar-refractivity contribution < 1.29 is 27.5 Å². The van der Waals surface area contributed by atoms with Crippen molar-refractivity contribution in [3.63, 3.8) is 0 Å². The van der Waals surface area contributed by atoms with Crippen LogP contribution in [0.15, 0.2) is 0 Å². The Labute approximate surface area is 127 Å². The van der Waals surface area contributed by atoms with Crippen LogP contribution in [0.3, 0.4) is 0 Å². The highest BCUT2D eigenvalue weighted by Gasteiger charge is 2.29. The average Bonchev–Trinajstić information content (AvgIpc) is 2.48. The highest BCUT2D eigenvalue weighted by atomic mass is 19.4. The number of hydrogen-bond acceptors (Lipinski definition) is 4. The molecule has 0 saturated carbocycles. The van der Waals surface area contributed by atoms with Gasteiger partial charge in [-0.25, -0.2) is 0 Å². The number of carbonyl (C=O) groups excluding carboxylic acids is 2. The van der Waals surface area contributed by atoms with Gasteiger partial charge in [-0.3, -0.25) is 9.59 Å². The van der Waals surface area contributed by atoms with E-state index in [-0.39, 0.29) is 5.92 Å². The van der Waals surface area contributed by atoms with Gasteiger partial charge in [-0.15, -0.1) is 0 Å². The van der Waals surface area contributed by atoms with E-state index in [0.717, 1.165) is 32.5 Å². The molecule has 0 aromatic carbocycles. The van der Waals surface area contributed by atoms with E-state index >= 15 is 0 Å². The second-order valence-corrected chi connectivity index (χ2v) is 5.29. The summed E-state index contributed by atoms with van der Waals surface area (Å²) in [4.78, 5) is 24.8. The summed E-state index contributed by atoms with van der Waals surface area (Å²) in [6.45, 7) is 2.08. The van der Waals surface area contributed by atoms with Crippen molar-refractivity contribution in [2.45, 2.75) is 19.0 Å². The Kier molecular flexibility index (Phi) is 7.60. The normalized spacial score (nSPS) is 17.3. The minimum atomic E-state index is -4.52. The number of hydrogen-bond donors (Lipinski definition) is 2. The molecule has 0 aromatic rings. The van der Waals surface area contributed by atoms with E-state index < -0.39 is 24.5 Å². The average molecular weight is 325 g/mol. The number of nitrogens with zero attached hydrogens (tertiary/aromatic N) is 1. The second-order valence-electron chi connectivity index (χ2n) is 5.29. The van der Waals surface area contributed by atoms with Crippen molar-refractivity contribution in [2.24, 2.45) is 5.92 Å². The highest BCUT2D eigenvalue weighted by molar-refractivity contribution is 6.35. The topological polar surface area (TPSA) is 70.7 Å². The van der Waals surface area contributed by atoms with Crippen molar-refractivity contribution in [3.8, 4) is 0 Å². The Balaban J connectivity index is 2.18. The number of amides is 2. The summed E-state index contributed by atoms with van der Waals surface area (Å²) in [5, 5.41) is 3.93. The number of likely N-dealkylation sites (tertiary alicyclic amines) is 1. The molecular weight excluding hydrogens is 303 g/mol. The Morgan fingerprint density at radius 3 is 2.32 bits per heavy atom. The molecule has 0 spiro atoms. The molecule has 1 fully saturated rings. The number of rotatable bonds is 6. The van der Waals surface area contributed by atoms with Crippen molar-refractivity contribution in [1.29, 1.82) is 0 Å². The van der Waals surface area contributed by atoms with Crippen molar-refractivity contribution >= 4 is 11.8 Å². The first-order valence-corrected chi connectivity index (χ1v) is 7.16. The van der Waals surface area contributed by atoms with Crippen molar-refractivity contribution in [3.05, 3.63) is 0 Å². The van der Waals surface area contributed by atoms with E-state index in [4.69, 9.17) is 4.74 Å². The predicted molar refractivity (Wildman–Crippen MR) is 73.1 cm³/mol. The Bertz CT molecular complexity index is 369. The fraction of sp³-hybridized carbons (Fsp3) is 0.846. The largest absolute Gasteiger partial charge is 0.405 e. The minimum absolute atomic E-state index is 0.234. The van der Waals surface area contributed by atoms with Gasteiger partial charge >= 0.3 is 18.0 Å². The summed E-state index contributed by atoms with van der Waals surface area (Å²) >= 11 is 0. The van der Waals surface area contributed by atoms with Crippen LogP contribution < -0.4 is 10.6 Å². The molecule has 9 heteroatoms. The summed E-state index contributed by atoms with van der Waals surface area (Å²) < 4.78 is 40.8. The molecule has 2 N–H and O–H groups in total. The number of ether oxygens (including phenoxy) is 1.